The summed E-state index contributed by atoms with van der Waals surface area (Å²) in [4.78, 5) is 27.0. The van der Waals surface area contributed by atoms with Crippen LogP contribution in [0, 0.1) is 5.92 Å². The van der Waals surface area contributed by atoms with Gasteiger partial charge in [-0.05, 0) is 24.3 Å². The molecule has 1 aromatic rings. The fourth-order valence-electron chi connectivity index (χ4n) is 3.96. The van der Waals surface area contributed by atoms with Gasteiger partial charge in [0.15, 0.2) is 0 Å². The summed E-state index contributed by atoms with van der Waals surface area (Å²) in [6.07, 6.45) is -5.06. The van der Waals surface area contributed by atoms with Crippen LogP contribution in [0.4, 0.5) is 22.8 Å². The second-order valence-corrected chi connectivity index (χ2v) is 7.75. The molecule has 166 valence electrons. The number of piperidine rings is 1. The first-order valence-corrected chi connectivity index (χ1v) is 9.98. The zero-order valence-corrected chi connectivity index (χ0v) is 16.6. The zero-order chi connectivity index (χ0) is 21.7. The van der Waals surface area contributed by atoms with Gasteiger partial charge in [-0.2, -0.15) is 13.2 Å². The highest BCUT2D eigenvalue weighted by molar-refractivity contribution is 5.67. The summed E-state index contributed by atoms with van der Waals surface area (Å²) in [5, 5.41) is 9.02. The van der Waals surface area contributed by atoms with E-state index in [0.717, 1.165) is 10.5 Å². The van der Waals surface area contributed by atoms with Crippen LogP contribution in [0.3, 0.4) is 0 Å². The number of nitrogens with zero attached hydrogens (tertiary/aromatic N) is 3. The van der Waals surface area contributed by atoms with E-state index in [1.165, 1.54) is 4.90 Å². The van der Waals surface area contributed by atoms with Crippen LogP contribution in [0.5, 0.6) is 0 Å². The quantitative estimate of drug-likeness (QED) is 0.796. The van der Waals surface area contributed by atoms with Crippen molar-refractivity contribution in [2.24, 2.45) is 5.92 Å². The number of alkyl halides is 3. The number of rotatable bonds is 4. The molecule has 1 atom stereocenters. The number of carbonyl (C=O) groups is 2. The van der Waals surface area contributed by atoms with Crippen LogP contribution in [-0.2, 0) is 11.3 Å². The molecule has 10 heteroatoms. The fraction of sp³-hybridized carbons (Fsp3) is 0.600. The molecule has 2 aliphatic heterocycles. The van der Waals surface area contributed by atoms with Crippen LogP contribution in [0.25, 0.3) is 0 Å². The molecule has 0 aromatic heterocycles. The average Bonchev–Trinajstić information content (AvgIpc) is 2.72. The third-order valence-corrected chi connectivity index (χ3v) is 5.71. The Labute approximate surface area is 173 Å². The van der Waals surface area contributed by atoms with Crippen LogP contribution in [0.1, 0.15) is 18.4 Å². The molecule has 2 saturated heterocycles. The highest BCUT2D eigenvalue weighted by atomic mass is 19.4. The maximum Gasteiger partial charge on any atom is 0.410 e. The summed E-state index contributed by atoms with van der Waals surface area (Å²) >= 11 is 0. The Morgan fingerprint density at radius 1 is 1.03 bits per heavy atom. The molecule has 0 radical (unpaired) electrons. The van der Waals surface area contributed by atoms with Crippen molar-refractivity contribution in [1.82, 2.24) is 14.7 Å². The highest BCUT2D eigenvalue weighted by Gasteiger charge is 2.47. The van der Waals surface area contributed by atoms with Crippen molar-refractivity contribution in [2.75, 3.05) is 39.3 Å². The normalized spacial score (nSPS) is 21.5. The molecule has 7 nitrogen and oxygen atoms in total. The van der Waals surface area contributed by atoms with E-state index in [-0.39, 0.29) is 32.2 Å². The second kappa shape index (κ2) is 9.55. The first-order valence-electron chi connectivity index (χ1n) is 9.98. The van der Waals surface area contributed by atoms with Crippen LogP contribution >= 0.6 is 0 Å². The lowest BCUT2D eigenvalue weighted by atomic mass is 9.95. The number of likely N-dealkylation sites (tertiary alicyclic amines) is 1. The van der Waals surface area contributed by atoms with Gasteiger partial charge >= 0.3 is 18.4 Å². The van der Waals surface area contributed by atoms with E-state index in [4.69, 9.17) is 9.84 Å². The van der Waals surface area contributed by atoms with E-state index < -0.39 is 30.9 Å². The minimum Gasteiger partial charge on any atom is -0.465 e. The summed E-state index contributed by atoms with van der Waals surface area (Å²) in [6, 6.07) is 7.52. The van der Waals surface area contributed by atoms with Gasteiger partial charge in [0, 0.05) is 39.3 Å². The molecule has 30 heavy (non-hydrogen) atoms. The maximum atomic E-state index is 13.4. The molecule has 3 rings (SSSR count). The lowest BCUT2D eigenvalue weighted by Crippen LogP contribution is -2.61. The summed E-state index contributed by atoms with van der Waals surface area (Å²) in [5.74, 6) is 0.0180. The minimum atomic E-state index is -4.49. The van der Waals surface area contributed by atoms with Crippen LogP contribution in [0.2, 0.25) is 0 Å². The highest BCUT2D eigenvalue weighted by Crippen LogP contribution is 2.30. The number of carboxylic acid groups (broad SMARTS) is 1. The number of carbonyl (C=O) groups excluding carboxylic acids is 1. The van der Waals surface area contributed by atoms with Crippen LogP contribution in [0.15, 0.2) is 30.3 Å². The summed E-state index contributed by atoms with van der Waals surface area (Å²) in [6.45, 7) is 0.839. The number of hydrogen-bond acceptors (Lipinski definition) is 4. The maximum absolute atomic E-state index is 13.4. The molecule has 0 aliphatic carbocycles. The van der Waals surface area contributed by atoms with E-state index in [1.54, 1.807) is 4.90 Å². The molecule has 0 unspecified atom stereocenters. The minimum absolute atomic E-state index is 0.0180. The molecule has 0 saturated carbocycles. The van der Waals surface area contributed by atoms with Gasteiger partial charge in [-0.25, -0.2) is 9.59 Å². The molecule has 1 aromatic carbocycles. The van der Waals surface area contributed by atoms with E-state index >= 15 is 0 Å². The number of halogens is 3. The monoisotopic (exact) mass is 429 g/mol. The Bertz CT molecular complexity index is 724. The lowest BCUT2D eigenvalue weighted by molar-refractivity contribution is -0.196. The van der Waals surface area contributed by atoms with Crippen LogP contribution < -0.4 is 0 Å². The standard InChI is InChI=1S/C20H26F3N3O4/c21-20(22,23)17-13-26(18(27)28)11-10-25(17)12-15-6-8-24(9-7-15)19(29)30-14-16-4-2-1-3-5-16/h1-5,15,17H,6-14H2,(H,27,28)/t17-/m0/s1. The predicted molar refractivity (Wildman–Crippen MR) is 102 cm³/mol. The van der Waals surface area contributed by atoms with Gasteiger partial charge in [-0.1, -0.05) is 30.3 Å². The van der Waals surface area contributed by atoms with Gasteiger partial charge in [-0.15, -0.1) is 0 Å². The van der Waals surface area contributed by atoms with Crippen molar-refractivity contribution in [3.05, 3.63) is 35.9 Å². The van der Waals surface area contributed by atoms with Gasteiger partial charge < -0.3 is 19.6 Å². The van der Waals surface area contributed by atoms with Gasteiger partial charge in [0.05, 0.1) is 0 Å². The first-order chi connectivity index (χ1) is 14.2. The Kier molecular flexibility index (Phi) is 7.06. The predicted octanol–water partition coefficient (Wildman–Crippen LogP) is 3.26. The van der Waals surface area contributed by atoms with Crippen molar-refractivity contribution in [3.8, 4) is 0 Å². The zero-order valence-electron chi connectivity index (χ0n) is 16.6. The molecule has 0 spiro atoms. The number of piperazine rings is 1. The smallest absolute Gasteiger partial charge is 0.410 e. The SMILES string of the molecule is O=C(O)N1CCN(CC2CCN(C(=O)OCc3ccccc3)CC2)[C@H](C(F)(F)F)C1. The average molecular weight is 429 g/mol. The molecular weight excluding hydrogens is 403 g/mol. The number of benzene rings is 1. The van der Waals surface area contributed by atoms with Gasteiger partial charge in [0.1, 0.15) is 12.6 Å². The summed E-state index contributed by atoms with van der Waals surface area (Å²) in [5.41, 5.74) is 0.888. The Morgan fingerprint density at radius 3 is 2.30 bits per heavy atom. The Hall–Kier alpha value is -2.49. The van der Waals surface area contributed by atoms with E-state index in [0.29, 0.717) is 25.9 Å². The van der Waals surface area contributed by atoms with Crippen molar-refractivity contribution < 1.29 is 32.6 Å². The third kappa shape index (κ3) is 5.78. The summed E-state index contributed by atoms with van der Waals surface area (Å²) in [7, 11) is 0. The van der Waals surface area contributed by atoms with E-state index in [9.17, 15) is 22.8 Å². The van der Waals surface area contributed by atoms with Crippen molar-refractivity contribution in [3.63, 3.8) is 0 Å². The Balaban J connectivity index is 1.47. The lowest BCUT2D eigenvalue weighted by Gasteiger charge is -2.43. The van der Waals surface area contributed by atoms with Crippen LogP contribution in [-0.4, -0.2) is 83.5 Å². The van der Waals surface area contributed by atoms with Gasteiger partial charge in [-0.3, -0.25) is 4.90 Å². The molecule has 2 amide bonds. The van der Waals surface area contributed by atoms with Gasteiger partial charge in [0.25, 0.3) is 0 Å². The second-order valence-electron chi connectivity index (χ2n) is 7.75. The van der Waals surface area contributed by atoms with Crippen molar-refractivity contribution in [2.45, 2.75) is 31.7 Å². The van der Waals surface area contributed by atoms with Gasteiger partial charge in [0.2, 0.25) is 0 Å². The third-order valence-electron chi connectivity index (χ3n) is 5.71. The van der Waals surface area contributed by atoms with Crippen molar-refractivity contribution >= 4 is 12.2 Å². The van der Waals surface area contributed by atoms with E-state index in [2.05, 4.69) is 0 Å². The molecule has 2 fully saturated rings. The topological polar surface area (TPSA) is 73.3 Å². The first kappa shape index (κ1) is 22.2. The molecule has 1 N–H and O–H groups in total. The fourth-order valence-corrected chi connectivity index (χ4v) is 3.96. The number of amides is 2. The molecular formula is C20H26F3N3O4. The number of ether oxygens (including phenoxy) is 1. The molecule has 0 bridgehead atoms. The van der Waals surface area contributed by atoms with Crippen molar-refractivity contribution in [1.29, 1.82) is 0 Å². The molecule has 2 aliphatic rings. The largest absolute Gasteiger partial charge is 0.465 e. The summed E-state index contributed by atoms with van der Waals surface area (Å²) < 4.78 is 45.6. The van der Waals surface area contributed by atoms with E-state index in [1.807, 2.05) is 30.3 Å². The number of hydrogen-bond donors (Lipinski definition) is 1. The Morgan fingerprint density at radius 2 is 1.70 bits per heavy atom. The molecule has 2 heterocycles.